The Balaban J connectivity index is 1.32. The highest BCUT2D eigenvalue weighted by Crippen LogP contribution is 2.48. The van der Waals surface area contributed by atoms with Gasteiger partial charge in [-0.25, -0.2) is 9.59 Å². The highest BCUT2D eigenvalue weighted by atomic mass is 32.2. The smallest absolute Gasteiger partial charge is 0.358 e. The molecule has 34 nitrogen and oxygen atoms in total. The number of phenols is 1. The third-order valence-corrected chi connectivity index (χ3v) is 13.7. The lowest BCUT2D eigenvalue weighted by molar-refractivity contribution is 0.0682. The van der Waals surface area contributed by atoms with Crippen molar-refractivity contribution in [1.82, 2.24) is 9.78 Å². The second kappa shape index (κ2) is 26.7. The van der Waals surface area contributed by atoms with E-state index in [1.54, 1.807) is 0 Å². The van der Waals surface area contributed by atoms with Gasteiger partial charge in [0.25, 0.3) is 30.4 Å². The number of hydrogen-bond acceptors (Lipinski definition) is 28. The third kappa shape index (κ3) is 14.7. The van der Waals surface area contributed by atoms with Crippen molar-refractivity contribution in [2.75, 3.05) is 60.0 Å². The van der Waals surface area contributed by atoms with E-state index in [4.69, 9.17) is 23.7 Å². The van der Waals surface area contributed by atoms with Gasteiger partial charge >= 0.3 is 11.9 Å². The SMILES string of the molecule is COc1ccc(N=Nc2cc(OCCO)c(N=Nc3c(C(=O)O)nn(-c4cccc5c(O)c(N=Nc6cc(OCCO)c(N=Nc7ccc(S(=O)(=O)O)cc7C(=O)O)cc6OCCO)c(S(=O)(=O)O)cc45)c3O)cc2OCCO)c(S(=O)(=O)O)c1. The molecule has 1 heterocycles. The molecule has 0 saturated carbocycles. The van der Waals surface area contributed by atoms with Crippen LogP contribution in [-0.4, -0.2) is 161 Å². The number of azo groups is 4. The average Bonchev–Trinajstić information content (AvgIpc) is 2.22. The zero-order valence-electron chi connectivity index (χ0n) is 43.2. The fourth-order valence-corrected chi connectivity index (χ4v) is 9.17. The Hall–Kier alpha value is -9.70. The first-order valence-corrected chi connectivity index (χ1v) is 27.9. The van der Waals surface area contributed by atoms with Crippen LogP contribution in [0, 0.1) is 0 Å². The summed E-state index contributed by atoms with van der Waals surface area (Å²) in [5.41, 5.74) is -5.80. The Labute approximate surface area is 477 Å². The van der Waals surface area contributed by atoms with E-state index in [9.17, 15) is 89.4 Å². The minimum atomic E-state index is -5.44. The van der Waals surface area contributed by atoms with Crippen LogP contribution in [0.3, 0.4) is 0 Å². The van der Waals surface area contributed by atoms with Crippen molar-refractivity contribution >= 4 is 98.6 Å². The normalized spacial score (nSPS) is 12.3. The van der Waals surface area contributed by atoms with E-state index >= 15 is 0 Å². The van der Waals surface area contributed by atoms with Crippen LogP contribution in [0.2, 0.25) is 0 Å². The number of fused-ring (bicyclic) bond motifs is 1. The first-order chi connectivity index (χ1) is 40.3. The number of carboxylic acids is 2. The number of phenolic OH excluding ortho intramolecular Hbond substituents is 1. The Morgan fingerprint density at radius 1 is 0.506 bits per heavy atom. The highest BCUT2D eigenvalue weighted by Gasteiger charge is 2.29. The van der Waals surface area contributed by atoms with Gasteiger partial charge in [-0.3, -0.25) is 13.7 Å². The minimum absolute atomic E-state index is 0.0432. The number of ether oxygens (including phenoxy) is 5. The molecule has 85 heavy (non-hydrogen) atoms. The van der Waals surface area contributed by atoms with E-state index < -0.39 is 143 Å². The molecule has 0 atom stereocenters. The van der Waals surface area contributed by atoms with Crippen LogP contribution in [0.1, 0.15) is 20.8 Å². The Bertz CT molecular complexity index is 4210. The van der Waals surface area contributed by atoms with Gasteiger partial charge in [-0.2, -0.15) is 35.0 Å². The molecule has 0 amide bonds. The number of aliphatic hydroxyl groups excluding tert-OH is 4. The van der Waals surface area contributed by atoms with Crippen molar-refractivity contribution in [2.24, 2.45) is 40.9 Å². The molecule has 0 spiro atoms. The summed E-state index contributed by atoms with van der Waals surface area (Å²) in [6, 6.07) is 14.5. The number of benzene rings is 6. The number of aliphatic hydroxyl groups is 4. The van der Waals surface area contributed by atoms with Crippen molar-refractivity contribution in [3.05, 3.63) is 96.2 Å². The number of aromatic nitrogens is 2. The number of aromatic hydroxyl groups is 2. The number of carbonyl (C=O) groups is 2. The topological polar surface area (TPSA) is 522 Å². The van der Waals surface area contributed by atoms with Gasteiger partial charge in [-0.1, -0.05) is 12.1 Å². The van der Waals surface area contributed by atoms with Gasteiger partial charge in [0.15, 0.2) is 11.4 Å². The number of methoxy groups -OCH3 is 1. The van der Waals surface area contributed by atoms with Crippen LogP contribution in [0.4, 0.5) is 45.5 Å². The fourth-order valence-electron chi connectivity index (χ4n) is 7.38. The molecule has 0 bridgehead atoms. The van der Waals surface area contributed by atoms with Crippen LogP contribution in [0.5, 0.6) is 40.4 Å². The van der Waals surface area contributed by atoms with Crippen molar-refractivity contribution < 1.29 is 113 Å². The summed E-state index contributed by atoms with van der Waals surface area (Å²) in [6.45, 7) is -3.95. The predicted molar refractivity (Wildman–Crippen MR) is 287 cm³/mol. The molecule has 37 heteroatoms. The van der Waals surface area contributed by atoms with E-state index in [2.05, 4.69) is 46.0 Å². The quantitative estimate of drug-likeness (QED) is 0.0188. The van der Waals surface area contributed by atoms with Gasteiger partial charge in [-0.15, -0.1) is 40.9 Å². The second-order valence-electron chi connectivity index (χ2n) is 16.6. The number of aromatic carboxylic acids is 2. The van der Waals surface area contributed by atoms with E-state index in [1.807, 2.05) is 0 Å². The van der Waals surface area contributed by atoms with Crippen molar-refractivity contribution in [3.63, 3.8) is 0 Å². The second-order valence-corrected chi connectivity index (χ2v) is 20.8. The van der Waals surface area contributed by atoms with Crippen LogP contribution in [0.25, 0.3) is 16.5 Å². The maximum absolute atomic E-state index is 13.1. The number of carboxylic acid groups (broad SMARTS) is 2. The summed E-state index contributed by atoms with van der Waals surface area (Å²) in [5.74, 6) is -6.61. The Kier molecular flexibility index (Phi) is 19.7. The third-order valence-electron chi connectivity index (χ3n) is 11.1. The van der Waals surface area contributed by atoms with Gasteiger partial charge in [0.1, 0.15) is 105 Å². The monoisotopic (exact) mass is 1240 g/mol. The highest BCUT2D eigenvalue weighted by molar-refractivity contribution is 7.86. The molecule has 0 aliphatic carbocycles. The zero-order valence-corrected chi connectivity index (χ0v) is 45.6. The molecule has 1 aromatic heterocycles. The van der Waals surface area contributed by atoms with E-state index in [-0.39, 0.29) is 80.3 Å². The molecule has 7 aromatic rings. The summed E-state index contributed by atoms with van der Waals surface area (Å²) in [4.78, 5) is 22.1. The lowest BCUT2D eigenvalue weighted by Gasteiger charge is -2.14. The number of hydrogen-bond donors (Lipinski definition) is 11. The molecule has 0 aliphatic heterocycles. The molecule has 0 radical (unpaired) electrons. The molecule has 448 valence electrons. The van der Waals surface area contributed by atoms with Crippen molar-refractivity contribution in [3.8, 4) is 46.1 Å². The maximum Gasteiger partial charge on any atom is 0.358 e. The van der Waals surface area contributed by atoms with Crippen LogP contribution >= 0.6 is 0 Å². The molecule has 0 aliphatic rings. The largest absolute Gasteiger partial charge is 0.505 e. The molecule has 0 saturated heterocycles. The fraction of sp³-hybridized carbons (Fsp3) is 0.188. The summed E-state index contributed by atoms with van der Waals surface area (Å²) < 4.78 is 132. The van der Waals surface area contributed by atoms with Crippen molar-refractivity contribution in [1.29, 1.82) is 0 Å². The van der Waals surface area contributed by atoms with Gasteiger partial charge in [0.05, 0.1) is 49.7 Å². The molecule has 11 N–H and O–H groups in total. The lowest BCUT2D eigenvalue weighted by Crippen LogP contribution is -2.04. The Morgan fingerprint density at radius 3 is 1.41 bits per heavy atom. The van der Waals surface area contributed by atoms with E-state index in [0.717, 1.165) is 54.6 Å². The van der Waals surface area contributed by atoms with Crippen LogP contribution in [0.15, 0.2) is 141 Å². The van der Waals surface area contributed by atoms with Crippen LogP contribution < -0.4 is 23.7 Å². The molecule has 7 rings (SSSR count). The number of nitrogens with zero attached hydrogens (tertiary/aromatic N) is 10. The standard InChI is InChI=1S/C48H44N10O24S3/c1-78-24-5-7-30(40(17-24)84(72,73)74)50-52-32-21-39(82-16-12-62)34(23-37(32)80-14-10-60)54-56-43-44(48(67)68)57-58(46(43)64)35-4-2-3-26-27(35)19-41(85(75,76)77)42(45(26)63)55-53-33-22-36(79-13-9-59)31(20-38(33)81-15-11-61)51-49-29-8-6-25(83(69,70)71)18-28(29)47(65)66/h2-8,17-23,59-64H,9-16H2,1H3,(H,65,66)(H,67,68)(H,69,70,71)(H,72,73,74)(H,75,76,77). The first-order valence-electron chi connectivity index (χ1n) is 23.6. The lowest BCUT2D eigenvalue weighted by atomic mass is 10.1. The molecule has 0 unspecified atom stereocenters. The summed E-state index contributed by atoms with van der Waals surface area (Å²) in [7, 11) is -13.9. The molecule has 6 aromatic carbocycles. The average molecular weight is 1240 g/mol. The van der Waals surface area contributed by atoms with Crippen molar-refractivity contribution in [2.45, 2.75) is 14.7 Å². The predicted octanol–water partition coefficient (Wildman–Crippen LogP) is 6.73. The Morgan fingerprint density at radius 2 is 0.965 bits per heavy atom. The van der Waals surface area contributed by atoms with Gasteiger partial charge in [0, 0.05) is 41.1 Å². The number of rotatable bonds is 27. The first kappa shape index (κ1) is 62.9. The van der Waals surface area contributed by atoms with Gasteiger partial charge in [-0.05, 0) is 42.5 Å². The van der Waals surface area contributed by atoms with Gasteiger partial charge < -0.3 is 64.5 Å². The summed E-state index contributed by atoms with van der Waals surface area (Å²) >= 11 is 0. The van der Waals surface area contributed by atoms with E-state index in [1.165, 1.54) is 31.4 Å². The zero-order chi connectivity index (χ0) is 62.0. The molecular formula is C48H44N10O24S3. The summed E-state index contributed by atoms with van der Waals surface area (Å²) in [5, 5.41) is 117. The van der Waals surface area contributed by atoms with E-state index in [0.29, 0.717) is 10.7 Å². The molecule has 0 fully saturated rings. The van der Waals surface area contributed by atoms with Crippen LogP contribution in [-0.2, 0) is 30.4 Å². The summed E-state index contributed by atoms with van der Waals surface area (Å²) in [6.07, 6.45) is 0. The van der Waals surface area contributed by atoms with Gasteiger partial charge in [0.2, 0.25) is 11.6 Å². The maximum atomic E-state index is 13.1. The molecular weight excluding hydrogens is 1200 g/mol. The minimum Gasteiger partial charge on any atom is -0.505 e.